The van der Waals surface area contributed by atoms with Crippen LogP contribution in [0, 0.1) is 5.92 Å². The van der Waals surface area contributed by atoms with Crippen molar-refractivity contribution < 1.29 is 19.4 Å². The molecule has 1 aliphatic heterocycles. The quantitative estimate of drug-likeness (QED) is 0.734. The minimum Gasteiger partial charge on any atom is -0.481 e. The zero-order valence-electron chi connectivity index (χ0n) is 8.94. The molecule has 1 unspecified atom stereocenters. The number of hydrogen-bond acceptors (Lipinski definition) is 3. The maximum Gasteiger partial charge on any atom is 0.306 e. The van der Waals surface area contributed by atoms with Crippen LogP contribution in [-0.4, -0.2) is 48.2 Å². The van der Waals surface area contributed by atoms with E-state index in [0.29, 0.717) is 39.1 Å². The smallest absolute Gasteiger partial charge is 0.306 e. The van der Waals surface area contributed by atoms with Crippen LogP contribution in [0.25, 0.3) is 0 Å². The highest BCUT2D eigenvalue weighted by Gasteiger charge is 2.19. The number of rotatable bonds is 4. The Morgan fingerprint density at radius 1 is 1.40 bits per heavy atom. The van der Waals surface area contributed by atoms with Gasteiger partial charge in [0.05, 0.1) is 19.1 Å². The molecule has 1 N–H and O–H groups in total. The molecule has 1 aliphatic rings. The molecule has 0 spiro atoms. The first kappa shape index (κ1) is 12.0. The number of nitrogens with zero attached hydrogens (tertiary/aromatic N) is 1. The summed E-state index contributed by atoms with van der Waals surface area (Å²) in [5.74, 6) is -1.26. The second-order valence-corrected chi connectivity index (χ2v) is 3.77. The van der Waals surface area contributed by atoms with Gasteiger partial charge in [-0.3, -0.25) is 9.59 Å². The third-order valence-corrected chi connectivity index (χ3v) is 2.58. The van der Waals surface area contributed by atoms with Gasteiger partial charge in [-0.05, 0) is 6.42 Å². The van der Waals surface area contributed by atoms with Gasteiger partial charge in [0.1, 0.15) is 0 Å². The van der Waals surface area contributed by atoms with E-state index in [0.717, 1.165) is 0 Å². The summed E-state index contributed by atoms with van der Waals surface area (Å²) in [7, 11) is 0. The second-order valence-electron chi connectivity index (χ2n) is 3.77. The Labute approximate surface area is 89.0 Å². The van der Waals surface area contributed by atoms with Gasteiger partial charge in [0.15, 0.2) is 0 Å². The molecular weight excluding hydrogens is 198 g/mol. The standard InChI is InChI=1S/C10H17NO4/c1-8(10(13)14)2-3-9(12)11-4-6-15-7-5-11/h8H,2-7H2,1H3,(H,13,14). The molecule has 1 saturated heterocycles. The maximum absolute atomic E-state index is 11.6. The van der Waals surface area contributed by atoms with Crippen molar-refractivity contribution in [1.82, 2.24) is 4.90 Å². The number of carbonyl (C=O) groups is 2. The second kappa shape index (κ2) is 5.70. The summed E-state index contributed by atoms with van der Waals surface area (Å²) in [5, 5.41) is 8.66. The molecule has 1 atom stereocenters. The molecule has 5 heteroatoms. The van der Waals surface area contributed by atoms with Crippen LogP contribution in [0.1, 0.15) is 19.8 Å². The fraction of sp³-hybridized carbons (Fsp3) is 0.800. The van der Waals surface area contributed by atoms with Crippen LogP contribution in [0.15, 0.2) is 0 Å². The van der Waals surface area contributed by atoms with Crippen LogP contribution in [0.2, 0.25) is 0 Å². The molecule has 0 aliphatic carbocycles. The van der Waals surface area contributed by atoms with E-state index in [1.165, 1.54) is 0 Å². The van der Waals surface area contributed by atoms with E-state index in [9.17, 15) is 9.59 Å². The summed E-state index contributed by atoms with van der Waals surface area (Å²) in [5.41, 5.74) is 0. The summed E-state index contributed by atoms with van der Waals surface area (Å²) in [6.07, 6.45) is 0.721. The Hall–Kier alpha value is -1.10. The molecule has 0 bridgehead atoms. The number of morpholine rings is 1. The first-order valence-electron chi connectivity index (χ1n) is 5.19. The van der Waals surface area contributed by atoms with Gasteiger partial charge in [-0.2, -0.15) is 0 Å². The van der Waals surface area contributed by atoms with Crippen molar-refractivity contribution in [3.05, 3.63) is 0 Å². The zero-order chi connectivity index (χ0) is 11.3. The van der Waals surface area contributed by atoms with Gasteiger partial charge < -0.3 is 14.7 Å². The van der Waals surface area contributed by atoms with Crippen molar-refractivity contribution in [3.63, 3.8) is 0 Å². The minimum atomic E-state index is -0.843. The predicted molar refractivity (Wildman–Crippen MR) is 53.4 cm³/mol. The van der Waals surface area contributed by atoms with Gasteiger partial charge >= 0.3 is 5.97 Å². The van der Waals surface area contributed by atoms with Crippen LogP contribution in [0.5, 0.6) is 0 Å². The van der Waals surface area contributed by atoms with Gasteiger partial charge in [-0.15, -0.1) is 0 Å². The van der Waals surface area contributed by atoms with Crippen molar-refractivity contribution in [2.24, 2.45) is 5.92 Å². The Balaban J connectivity index is 2.25. The van der Waals surface area contributed by atoms with Crippen LogP contribution in [0.3, 0.4) is 0 Å². The molecular formula is C10H17NO4. The number of hydrogen-bond donors (Lipinski definition) is 1. The summed E-state index contributed by atoms with van der Waals surface area (Å²) < 4.78 is 5.13. The average Bonchev–Trinajstić information content (AvgIpc) is 2.26. The fourth-order valence-corrected chi connectivity index (χ4v) is 1.43. The normalized spacial score (nSPS) is 18.6. The van der Waals surface area contributed by atoms with Crippen molar-refractivity contribution in [3.8, 4) is 0 Å². The van der Waals surface area contributed by atoms with E-state index in [1.54, 1.807) is 11.8 Å². The Morgan fingerprint density at radius 2 is 2.00 bits per heavy atom. The van der Waals surface area contributed by atoms with E-state index >= 15 is 0 Å². The van der Waals surface area contributed by atoms with Gasteiger partial charge in [-0.1, -0.05) is 6.92 Å². The van der Waals surface area contributed by atoms with Crippen LogP contribution >= 0.6 is 0 Å². The third-order valence-electron chi connectivity index (χ3n) is 2.58. The Kier molecular flexibility index (Phi) is 4.55. The Morgan fingerprint density at radius 3 is 2.53 bits per heavy atom. The number of carboxylic acid groups (broad SMARTS) is 1. The van der Waals surface area contributed by atoms with Crippen LogP contribution < -0.4 is 0 Å². The van der Waals surface area contributed by atoms with Crippen LogP contribution in [0.4, 0.5) is 0 Å². The van der Waals surface area contributed by atoms with E-state index in [2.05, 4.69) is 0 Å². The lowest BCUT2D eigenvalue weighted by Gasteiger charge is -2.27. The molecule has 0 aromatic rings. The molecule has 0 radical (unpaired) electrons. The number of amides is 1. The van der Waals surface area contributed by atoms with Gasteiger partial charge in [-0.25, -0.2) is 0 Å². The lowest BCUT2D eigenvalue weighted by Crippen LogP contribution is -2.40. The van der Waals surface area contributed by atoms with Gasteiger partial charge in [0, 0.05) is 19.5 Å². The topological polar surface area (TPSA) is 66.8 Å². The van der Waals surface area contributed by atoms with E-state index < -0.39 is 11.9 Å². The Bertz CT molecular complexity index is 236. The van der Waals surface area contributed by atoms with E-state index in [1.807, 2.05) is 0 Å². The molecule has 0 aromatic carbocycles. The monoisotopic (exact) mass is 215 g/mol. The van der Waals surface area contributed by atoms with Crippen molar-refractivity contribution in [1.29, 1.82) is 0 Å². The molecule has 1 heterocycles. The first-order chi connectivity index (χ1) is 7.11. The SMILES string of the molecule is CC(CCC(=O)N1CCOCC1)C(=O)O. The lowest BCUT2D eigenvalue weighted by molar-refractivity contribution is -0.142. The number of carbonyl (C=O) groups excluding carboxylic acids is 1. The average molecular weight is 215 g/mol. The molecule has 1 fully saturated rings. The van der Waals surface area contributed by atoms with Crippen molar-refractivity contribution in [2.75, 3.05) is 26.3 Å². The molecule has 0 aromatic heterocycles. The summed E-state index contributed by atoms with van der Waals surface area (Å²) in [4.78, 5) is 23.9. The summed E-state index contributed by atoms with van der Waals surface area (Å²) in [6, 6.07) is 0. The fourth-order valence-electron chi connectivity index (χ4n) is 1.43. The van der Waals surface area contributed by atoms with E-state index in [-0.39, 0.29) is 5.91 Å². The third kappa shape index (κ3) is 3.87. The summed E-state index contributed by atoms with van der Waals surface area (Å²) >= 11 is 0. The lowest BCUT2D eigenvalue weighted by atomic mass is 10.1. The molecule has 86 valence electrons. The van der Waals surface area contributed by atoms with Gasteiger partial charge in [0.25, 0.3) is 0 Å². The molecule has 1 rings (SSSR count). The zero-order valence-corrected chi connectivity index (χ0v) is 8.94. The molecule has 5 nitrogen and oxygen atoms in total. The van der Waals surface area contributed by atoms with Crippen molar-refractivity contribution >= 4 is 11.9 Å². The molecule has 15 heavy (non-hydrogen) atoms. The largest absolute Gasteiger partial charge is 0.481 e. The molecule has 1 amide bonds. The van der Waals surface area contributed by atoms with Gasteiger partial charge in [0.2, 0.25) is 5.91 Å². The highest BCUT2D eigenvalue weighted by molar-refractivity contribution is 5.77. The molecule has 0 saturated carbocycles. The highest BCUT2D eigenvalue weighted by Crippen LogP contribution is 2.08. The maximum atomic E-state index is 11.6. The number of carboxylic acids is 1. The predicted octanol–water partition coefficient (Wildman–Crippen LogP) is 0.346. The minimum absolute atomic E-state index is 0.0337. The highest BCUT2D eigenvalue weighted by atomic mass is 16.5. The van der Waals surface area contributed by atoms with E-state index in [4.69, 9.17) is 9.84 Å². The van der Waals surface area contributed by atoms with Crippen molar-refractivity contribution in [2.45, 2.75) is 19.8 Å². The number of ether oxygens (including phenoxy) is 1. The van der Waals surface area contributed by atoms with Crippen LogP contribution in [-0.2, 0) is 14.3 Å². The number of aliphatic carboxylic acids is 1. The first-order valence-corrected chi connectivity index (χ1v) is 5.19. The summed E-state index contributed by atoms with van der Waals surface area (Å²) in [6.45, 7) is 4.04.